The molecule has 0 spiro atoms. The summed E-state index contributed by atoms with van der Waals surface area (Å²) < 4.78 is 0. The minimum atomic E-state index is 0.0669. The standard InChI is InChI=1S/C13H26N2/c1-10(2)12-5-4-8-15(12)9-13(3,14)11-6-7-11/h10-12H,4-9,14H2,1-3H3. The molecule has 1 heterocycles. The van der Waals surface area contributed by atoms with E-state index in [1.807, 2.05) is 0 Å². The zero-order chi connectivity index (χ0) is 11.1. The molecule has 1 aliphatic carbocycles. The lowest BCUT2D eigenvalue weighted by Gasteiger charge is -2.35. The van der Waals surface area contributed by atoms with Crippen molar-refractivity contribution in [1.82, 2.24) is 4.90 Å². The molecule has 0 bridgehead atoms. The van der Waals surface area contributed by atoms with Crippen LogP contribution in [-0.2, 0) is 0 Å². The molecule has 2 rings (SSSR count). The SMILES string of the molecule is CC(C)C1CCCN1CC(C)(N)C1CC1. The Labute approximate surface area is 94.2 Å². The van der Waals surface area contributed by atoms with Crippen LogP contribution in [0.3, 0.4) is 0 Å². The van der Waals surface area contributed by atoms with Crippen LogP contribution in [0.4, 0.5) is 0 Å². The van der Waals surface area contributed by atoms with Crippen LogP contribution >= 0.6 is 0 Å². The molecule has 2 heteroatoms. The van der Waals surface area contributed by atoms with E-state index in [1.165, 1.54) is 32.2 Å². The van der Waals surface area contributed by atoms with E-state index < -0.39 is 0 Å². The predicted molar refractivity (Wildman–Crippen MR) is 64.7 cm³/mol. The van der Waals surface area contributed by atoms with Crippen LogP contribution in [0.2, 0.25) is 0 Å². The van der Waals surface area contributed by atoms with Gasteiger partial charge >= 0.3 is 0 Å². The molecule has 0 aromatic rings. The second-order valence-corrected chi connectivity index (χ2v) is 6.20. The third kappa shape index (κ3) is 2.54. The summed E-state index contributed by atoms with van der Waals surface area (Å²) in [6.45, 7) is 9.31. The summed E-state index contributed by atoms with van der Waals surface area (Å²) in [5.41, 5.74) is 6.49. The van der Waals surface area contributed by atoms with Gasteiger partial charge in [0.05, 0.1) is 0 Å². The Hall–Kier alpha value is -0.0800. The predicted octanol–water partition coefficient (Wildman–Crippen LogP) is 2.23. The van der Waals surface area contributed by atoms with Crippen molar-refractivity contribution < 1.29 is 0 Å². The summed E-state index contributed by atoms with van der Waals surface area (Å²) in [6.07, 6.45) is 5.45. The van der Waals surface area contributed by atoms with Crippen molar-refractivity contribution in [2.24, 2.45) is 17.6 Å². The molecule has 2 unspecified atom stereocenters. The summed E-state index contributed by atoms with van der Waals surface area (Å²) in [6, 6.07) is 0.784. The Bertz CT molecular complexity index is 219. The number of rotatable bonds is 4. The topological polar surface area (TPSA) is 29.3 Å². The average molecular weight is 210 g/mol. The molecule has 2 N–H and O–H groups in total. The number of hydrogen-bond acceptors (Lipinski definition) is 2. The van der Waals surface area contributed by atoms with Gasteiger partial charge in [-0.25, -0.2) is 0 Å². The highest BCUT2D eigenvalue weighted by Crippen LogP contribution is 2.39. The Morgan fingerprint density at radius 1 is 1.33 bits per heavy atom. The van der Waals surface area contributed by atoms with E-state index in [4.69, 9.17) is 5.73 Å². The molecule has 2 atom stereocenters. The van der Waals surface area contributed by atoms with Crippen LogP contribution in [0.15, 0.2) is 0 Å². The number of nitrogens with zero attached hydrogens (tertiary/aromatic N) is 1. The molecule has 88 valence electrons. The van der Waals surface area contributed by atoms with Crippen molar-refractivity contribution in [2.75, 3.05) is 13.1 Å². The van der Waals surface area contributed by atoms with Crippen LogP contribution in [-0.4, -0.2) is 29.6 Å². The molecule has 1 aliphatic heterocycles. The average Bonchev–Trinajstić information content (AvgIpc) is 2.88. The van der Waals surface area contributed by atoms with Crippen molar-refractivity contribution in [3.05, 3.63) is 0 Å². The molecule has 1 saturated carbocycles. The molecule has 2 nitrogen and oxygen atoms in total. The van der Waals surface area contributed by atoms with Crippen molar-refractivity contribution in [2.45, 2.75) is 58.0 Å². The quantitative estimate of drug-likeness (QED) is 0.771. The highest BCUT2D eigenvalue weighted by Gasteiger charge is 2.41. The second-order valence-electron chi connectivity index (χ2n) is 6.20. The van der Waals surface area contributed by atoms with Gasteiger partial charge in [-0.1, -0.05) is 13.8 Å². The third-order valence-corrected chi connectivity index (χ3v) is 4.24. The van der Waals surface area contributed by atoms with Gasteiger partial charge in [0.1, 0.15) is 0 Å². The van der Waals surface area contributed by atoms with Crippen molar-refractivity contribution in [1.29, 1.82) is 0 Å². The Kier molecular flexibility index (Phi) is 3.09. The van der Waals surface area contributed by atoms with Gasteiger partial charge in [0, 0.05) is 18.1 Å². The molecule has 0 amide bonds. The fourth-order valence-corrected chi connectivity index (χ4v) is 3.11. The van der Waals surface area contributed by atoms with Gasteiger partial charge in [0.15, 0.2) is 0 Å². The first kappa shape index (κ1) is 11.4. The van der Waals surface area contributed by atoms with Gasteiger partial charge in [-0.05, 0) is 51.0 Å². The summed E-state index contributed by atoms with van der Waals surface area (Å²) in [7, 11) is 0. The lowest BCUT2D eigenvalue weighted by atomic mass is 9.94. The third-order valence-electron chi connectivity index (χ3n) is 4.24. The van der Waals surface area contributed by atoms with Crippen LogP contribution in [0.5, 0.6) is 0 Å². The van der Waals surface area contributed by atoms with Gasteiger partial charge in [0.25, 0.3) is 0 Å². The monoisotopic (exact) mass is 210 g/mol. The van der Waals surface area contributed by atoms with Crippen LogP contribution < -0.4 is 5.73 Å². The Morgan fingerprint density at radius 3 is 2.53 bits per heavy atom. The first-order chi connectivity index (χ1) is 7.00. The Morgan fingerprint density at radius 2 is 2.00 bits per heavy atom. The van der Waals surface area contributed by atoms with Crippen LogP contribution in [0.1, 0.15) is 46.5 Å². The molecule has 0 aromatic heterocycles. The molecule has 1 saturated heterocycles. The van der Waals surface area contributed by atoms with Crippen LogP contribution in [0, 0.1) is 11.8 Å². The fourth-order valence-electron chi connectivity index (χ4n) is 3.11. The largest absolute Gasteiger partial charge is 0.324 e. The fraction of sp³-hybridized carbons (Fsp3) is 1.00. The zero-order valence-electron chi connectivity index (χ0n) is 10.5. The van der Waals surface area contributed by atoms with Gasteiger partial charge in [-0.15, -0.1) is 0 Å². The van der Waals surface area contributed by atoms with E-state index in [0.29, 0.717) is 0 Å². The van der Waals surface area contributed by atoms with Crippen LogP contribution in [0.25, 0.3) is 0 Å². The highest BCUT2D eigenvalue weighted by molar-refractivity contribution is 4.99. The molecular formula is C13H26N2. The van der Waals surface area contributed by atoms with Crippen molar-refractivity contribution in [3.63, 3.8) is 0 Å². The molecule has 2 fully saturated rings. The molecule has 2 aliphatic rings. The number of nitrogens with two attached hydrogens (primary N) is 1. The van der Waals surface area contributed by atoms with E-state index >= 15 is 0 Å². The smallest absolute Gasteiger partial charge is 0.0283 e. The van der Waals surface area contributed by atoms with Crippen molar-refractivity contribution in [3.8, 4) is 0 Å². The maximum absolute atomic E-state index is 6.42. The van der Waals surface area contributed by atoms with Gasteiger partial charge in [0.2, 0.25) is 0 Å². The summed E-state index contributed by atoms with van der Waals surface area (Å²) in [5.74, 6) is 1.58. The summed E-state index contributed by atoms with van der Waals surface area (Å²) in [4.78, 5) is 2.64. The Balaban J connectivity index is 1.92. The van der Waals surface area contributed by atoms with E-state index in [0.717, 1.165) is 24.4 Å². The maximum Gasteiger partial charge on any atom is 0.0283 e. The van der Waals surface area contributed by atoms with Gasteiger partial charge in [-0.2, -0.15) is 0 Å². The normalized spacial score (nSPS) is 32.2. The maximum atomic E-state index is 6.42. The summed E-state index contributed by atoms with van der Waals surface area (Å²) >= 11 is 0. The molecular weight excluding hydrogens is 184 g/mol. The first-order valence-corrected chi connectivity index (χ1v) is 6.53. The minimum Gasteiger partial charge on any atom is -0.324 e. The van der Waals surface area contributed by atoms with E-state index in [-0.39, 0.29) is 5.54 Å². The van der Waals surface area contributed by atoms with Crippen molar-refractivity contribution >= 4 is 0 Å². The van der Waals surface area contributed by atoms with E-state index in [2.05, 4.69) is 25.7 Å². The summed E-state index contributed by atoms with van der Waals surface area (Å²) in [5, 5.41) is 0. The van der Waals surface area contributed by atoms with Gasteiger partial charge < -0.3 is 5.73 Å². The minimum absolute atomic E-state index is 0.0669. The first-order valence-electron chi connectivity index (χ1n) is 6.53. The highest BCUT2D eigenvalue weighted by atomic mass is 15.2. The van der Waals surface area contributed by atoms with E-state index in [1.54, 1.807) is 0 Å². The van der Waals surface area contributed by atoms with Gasteiger partial charge in [-0.3, -0.25) is 4.90 Å². The number of likely N-dealkylation sites (tertiary alicyclic amines) is 1. The molecule has 15 heavy (non-hydrogen) atoms. The lowest BCUT2D eigenvalue weighted by Crippen LogP contribution is -2.51. The zero-order valence-corrected chi connectivity index (χ0v) is 10.5. The van der Waals surface area contributed by atoms with E-state index in [9.17, 15) is 0 Å². The lowest BCUT2D eigenvalue weighted by molar-refractivity contribution is 0.158. The number of hydrogen-bond donors (Lipinski definition) is 1. The molecule has 0 aromatic carbocycles. The molecule has 0 radical (unpaired) electrons. The second kappa shape index (κ2) is 4.06.